The second kappa shape index (κ2) is 4.45. The van der Waals surface area contributed by atoms with Gasteiger partial charge in [0, 0.05) is 11.5 Å². The highest BCUT2D eigenvalue weighted by Gasteiger charge is 2.22. The van der Waals surface area contributed by atoms with E-state index in [2.05, 4.69) is 13.8 Å². The van der Waals surface area contributed by atoms with Crippen molar-refractivity contribution < 1.29 is 5.11 Å². The van der Waals surface area contributed by atoms with Crippen LogP contribution in [-0.4, -0.2) is 11.7 Å². The van der Waals surface area contributed by atoms with Crippen molar-refractivity contribution >= 4 is 22.9 Å². The molecule has 0 saturated heterocycles. The third kappa shape index (κ3) is 2.97. The van der Waals surface area contributed by atoms with Crippen LogP contribution >= 0.6 is 22.9 Å². The van der Waals surface area contributed by atoms with Gasteiger partial charge in [-0.2, -0.15) is 0 Å². The van der Waals surface area contributed by atoms with Crippen molar-refractivity contribution in [3.63, 3.8) is 0 Å². The average molecular weight is 219 g/mol. The molecule has 1 N–H and O–H groups in total. The van der Waals surface area contributed by atoms with E-state index in [1.165, 1.54) is 4.88 Å². The van der Waals surface area contributed by atoms with Gasteiger partial charge < -0.3 is 5.11 Å². The standard InChI is InChI=1S/C10H15ClOS/c1-3-10(2,7-12)6-8-4-5-9(11)13-8/h4-5,12H,3,6-7H2,1-2H3. The van der Waals surface area contributed by atoms with Crippen molar-refractivity contribution in [1.29, 1.82) is 0 Å². The number of halogens is 1. The van der Waals surface area contributed by atoms with E-state index in [0.29, 0.717) is 0 Å². The second-order valence-corrected chi connectivity index (χ2v) is 5.50. The quantitative estimate of drug-likeness (QED) is 0.822. The molecule has 74 valence electrons. The first-order valence-corrected chi connectivity index (χ1v) is 5.64. The number of hydrogen-bond donors (Lipinski definition) is 1. The van der Waals surface area contributed by atoms with Crippen molar-refractivity contribution in [1.82, 2.24) is 0 Å². The van der Waals surface area contributed by atoms with E-state index in [1.807, 2.05) is 12.1 Å². The van der Waals surface area contributed by atoms with Crippen LogP contribution < -0.4 is 0 Å². The van der Waals surface area contributed by atoms with Gasteiger partial charge >= 0.3 is 0 Å². The van der Waals surface area contributed by atoms with Crippen molar-refractivity contribution in [2.24, 2.45) is 5.41 Å². The summed E-state index contributed by atoms with van der Waals surface area (Å²) in [6.07, 6.45) is 1.90. The lowest BCUT2D eigenvalue weighted by atomic mass is 9.84. The Hall–Kier alpha value is -0.0500. The molecule has 1 aromatic heterocycles. The topological polar surface area (TPSA) is 20.2 Å². The Bertz CT molecular complexity index is 266. The fraction of sp³-hybridized carbons (Fsp3) is 0.600. The van der Waals surface area contributed by atoms with Crippen LogP contribution in [0.15, 0.2) is 12.1 Å². The molecule has 0 radical (unpaired) electrons. The van der Waals surface area contributed by atoms with Gasteiger partial charge in [0.05, 0.1) is 4.34 Å². The fourth-order valence-electron chi connectivity index (χ4n) is 1.16. The predicted molar refractivity (Wildman–Crippen MR) is 58.5 cm³/mol. The summed E-state index contributed by atoms with van der Waals surface area (Å²) in [7, 11) is 0. The van der Waals surface area contributed by atoms with Gasteiger partial charge in [-0.25, -0.2) is 0 Å². The zero-order chi connectivity index (χ0) is 9.90. The van der Waals surface area contributed by atoms with E-state index in [-0.39, 0.29) is 12.0 Å². The molecule has 1 heterocycles. The summed E-state index contributed by atoms with van der Waals surface area (Å²) in [5.74, 6) is 0. The number of thiophene rings is 1. The molecular weight excluding hydrogens is 204 g/mol. The monoisotopic (exact) mass is 218 g/mol. The van der Waals surface area contributed by atoms with Gasteiger partial charge in [0.25, 0.3) is 0 Å². The summed E-state index contributed by atoms with van der Waals surface area (Å²) in [6, 6.07) is 3.95. The molecule has 0 amide bonds. The van der Waals surface area contributed by atoms with Crippen molar-refractivity contribution in [2.75, 3.05) is 6.61 Å². The van der Waals surface area contributed by atoms with Gasteiger partial charge in [0.2, 0.25) is 0 Å². The minimum atomic E-state index is 0.00812. The smallest absolute Gasteiger partial charge is 0.0931 e. The summed E-state index contributed by atoms with van der Waals surface area (Å²) < 4.78 is 0.825. The Morgan fingerprint density at radius 2 is 2.23 bits per heavy atom. The minimum Gasteiger partial charge on any atom is -0.396 e. The highest BCUT2D eigenvalue weighted by molar-refractivity contribution is 7.16. The van der Waals surface area contributed by atoms with Crippen LogP contribution in [0.1, 0.15) is 25.1 Å². The normalized spacial score (nSPS) is 15.7. The van der Waals surface area contributed by atoms with Crippen LogP contribution in [0.4, 0.5) is 0 Å². The molecule has 0 spiro atoms. The first-order chi connectivity index (χ1) is 6.09. The third-order valence-electron chi connectivity index (χ3n) is 2.47. The first kappa shape index (κ1) is 11.0. The zero-order valence-electron chi connectivity index (χ0n) is 8.01. The third-order valence-corrected chi connectivity index (χ3v) is 3.70. The molecule has 0 aliphatic heterocycles. The molecule has 3 heteroatoms. The molecule has 0 saturated carbocycles. The Labute approximate surface area is 88.4 Å². The van der Waals surface area contributed by atoms with Crippen LogP contribution in [0.2, 0.25) is 4.34 Å². The molecule has 1 nitrogen and oxygen atoms in total. The molecule has 1 unspecified atom stereocenters. The van der Waals surface area contributed by atoms with Gasteiger partial charge in [-0.1, -0.05) is 25.4 Å². The van der Waals surface area contributed by atoms with Crippen molar-refractivity contribution in [3.8, 4) is 0 Å². The molecule has 13 heavy (non-hydrogen) atoms. The number of hydrogen-bond acceptors (Lipinski definition) is 2. The van der Waals surface area contributed by atoms with Gasteiger partial charge in [-0.3, -0.25) is 0 Å². The molecule has 0 bridgehead atoms. The molecule has 0 aliphatic rings. The number of aliphatic hydroxyl groups excluding tert-OH is 1. The van der Waals surface area contributed by atoms with E-state index in [4.69, 9.17) is 11.6 Å². The van der Waals surface area contributed by atoms with Gasteiger partial charge in [0.1, 0.15) is 0 Å². The molecule has 1 atom stereocenters. The van der Waals surface area contributed by atoms with E-state index in [1.54, 1.807) is 11.3 Å². The lowest BCUT2D eigenvalue weighted by molar-refractivity contribution is 0.138. The van der Waals surface area contributed by atoms with Crippen LogP contribution in [0.3, 0.4) is 0 Å². The lowest BCUT2D eigenvalue weighted by Gasteiger charge is -2.24. The summed E-state index contributed by atoms with van der Waals surface area (Å²) in [5.41, 5.74) is 0.00812. The second-order valence-electron chi connectivity index (χ2n) is 3.70. The molecular formula is C10H15ClOS. The SMILES string of the molecule is CCC(C)(CO)Cc1ccc(Cl)s1. The van der Waals surface area contributed by atoms with Crippen molar-refractivity contribution in [3.05, 3.63) is 21.3 Å². The maximum Gasteiger partial charge on any atom is 0.0931 e. The fourth-order valence-corrected chi connectivity index (χ4v) is 2.46. The van der Waals surface area contributed by atoms with Gasteiger partial charge in [-0.15, -0.1) is 11.3 Å². The lowest BCUT2D eigenvalue weighted by Crippen LogP contribution is -2.22. The van der Waals surface area contributed by atoms with Gasteiger partial charge in [-0.05, 0) is 30.4 Å². The van der Waals surface area contributed by atoms with E-state index in [9.17, 15) is 5.11 Å². The van der Waals surface area contributed by atoms with Crippen molar-refractivity contribution in [2.45, 2.75) is 26.7 Å². The van der Waals surface area contributed by atoms with Gasteiger partial charge in [0.15, 0.2) is 0 Å². The van der Waals surface area contributed by atoms with E-state index in [0.717, 1.165) is 17.2 Å². The van der Waals surface area contributed by atoms with Crippen LogP contribution in [-0.2, 0) is 6.42 Å². The Balaban J connectivity index is 2.67. The number of aliphatic hydroxyl groups is 1. The molecule has 0 aromatic carbocycles. The Morgan fingerprint density at radius 3 is 2.62 bits per heavy atom. The number of rotatable bonds is 4. The maximum absolute atomic E-state index is 9.23. The molecule has 1 aromatic rings. The summed E-state index contributed by atoms with van der Waals surface area (Å²) >= 11 is 7.43. The van der Waals surface area contributed by atoms with Crippen LogP contribution in [0.5, 0.6) is 0 Å². The first-order valence-electron chi connectivity index (χ1n) is 4.45. The average Bonchev–Trinajstić information content (AvgIpc) is 2.51. The summed E-state index contributed by atoms with van der Waals surface area (Å²) in [5, 5.41) is 9.23. The highest BCUT2D eigenvalue weighted by Crippen LogP contribution is 2.30. The highest BCUT2D eigenvalue weighted by atomic mass is 35.5. The minimum absolute atomic E-state index is 0.00812. The summed E-state index contributed by atoms with van der Waals surface area (Å²) in [6.45, 7) is 4.44. The zero-order valence-corrected chi connectivity index (χ0v) is 9.58. The van der Waals surface area contributed by atoms with E-state index >= 15 is 0 Å². The van der Waals surface area contributed by atoms with E-state index < -0.39 is 0 Å². The molecule has 0 fully saturated rings. The van der Waals surface area contributed by atoms with Crippen LogP contribution in [0, 0.1) is 5.41 Å². The Morgan fingerprint density at radius 1 is 1.54 bits per heavy atom. The van der Waals surface area contributed by atoms with Crippen LogP contribution in [0.25, 0.3) is 0 Å². The maximum atomic E-state index is 9.23. The predicted octanol–water partition coefficient (Wildman–Crippen LogP) is 3.35. The molecule has 0 aliphatic carbocycles. The molecule has 1 rings (SSSR count). The largest absolute Gasteiger partial charge is 0.396 e. The Kier molecular flexibility index (Phi) is 3.77. The summed E-state index contributed by atoms with van der Waals surface area (Å²) in [4.78, 5) is 1.25.